The summed E-state index contributed by atoms with van der Waals surface area (Å²) in [5.41, 5.74) is 3.91. The first-order valence-corrected chi connectivity index (χ1v) is 9.03. The zero-order valence-electron chi connectivity index (χ0n) is 13.8. The first-order chi connectivity index (χ1) is 11.6. The minimum atomic E-state index is -0.102. The number of hydrogen-bond acceptors (Lipinski definition) is 3. The van der Waals surface area contributed by atoms with Crippen LogP contribution in [-0.2, 0) is 16.0 Å². The number of thioether (sulfide) groups is 1. The van der Waals surface area contributed by atoms with Gasteiger partial charge in [-0.2, -0.15) is 0 Å². The first-order valence-electron chi connectivity index (χ1n) is 7.98. The lowest BCUT2D eigenvalue weighted by Gasteiger charge is -2.25. The lowest BCUT2D eigenvalue weighted by atomic mass is 10.1. The van der Waals surface area contributed by atoms with E-state index in [2.05, 4.69) is 24.4 Å². The molecule has 0 spiro atoms. The first kappa shape index (κ1) is 16.6. The molecule has 1 heterocycles. The van der Waals surface area contributed by atoms with Gasteiger partial charge >= 0.3 is 0 Å². The van der Waals surface area contributed by atoms with Crippen molar-refractivity contribution in [2.75, 3.05) is 16.0 Å². The fourth-order valence-corrected chi connectivity index (χ4v) is 4.02. The third-order valence-corrected chi connectivity index (χ3v) is 5.17. The van der Waals surface area contributed by atoms with Gasteiger partial charge in [0.05, 0.1) is 5.75 Å². The molecule has 0 saturated carbocycles. The Kier molecular flexibility index (Phi) is 4.90. The number of carbonyl (C=O) groups excluding carboxylic acids is 2. The minimum absolute atomic E-state index is 0.0710. The van der Waals surface area contributed by atoms with Crippen LogP contribution in [0.2, 0.25) is 0 Å². The molecule has 1 aliphatic rings. The van der Waals surface area contributed by atoms with Crippen molar-refractivity contribution >= 4 is 35.0 Å². The van der Waals surface area contributed by atoms with E-state index < -0.39 is 0 Å². The van der Waals surface area contributed by atoms with Gasteiger partial charge in [-0.05, 0) is 41.8 Å². The van der Waals surface area contributed by atoms with E-state index in [1.165, 1.54) is 12.5 Å². The Hall–Kier alpha value is -2.27. The maximum absolute atomic E-state index is 12.5. The van der Waals surface area contributed by atoms with E-state index >= 15 is 0 Å². The van der Waals surface area contributed by atoms with Crippen molar-refractivity contribution in [1.29, 1.82) is 0 Å². The Balaban J connectivity index is 1.94. The second-order valence-electron chi connectivity index (χ2n) is 5.76. The summed E-state index contributed by atoms with van der Waals surface area (Å²) >= 11 is 1.61. The number of nitrogens with zero attached hydrogens (tertiary/aromatic N) is 1. The third kappa shape index (κ3) is 3.46. The Labute approximate surface area is 146 Å². The summed E-state index contributed by atoms with van der Waals surface area (Å²) < 4.78 is 0. The standard InChI is InChI=1S/C19H20N2O2S/c1-3-14-6-4-9-17(10-14)21-18(23)12-24-19(21)15-7-5-8-16(11-15)20-13(2)22/h4-11,19H,3,12H2,1-2H3,(H,20,22). The van der Waals surface area contributed by atoms with Gasteiger partial charge in [0.25, 0.3) is 0 Å². The molecule has 1 saturated heterocycles. The summed E-state index contributed by atoms with van der Waals surface area (Å²) in [7, 11) is 0. The van der Waals surface area contributed by atoms with Crippen LogP contribution in [0.4, 0.5) is 11.4 Å². The molecule has 2 aromatic rings. The van der Waals surface area contributed by atoms with E-state index in [-0.39, 0.29) is 17.2 Å². The summed E-state index contributed by atoms with van der Waals surface area (Å²) in [6.07, 6.45) is 0.936. The smallest absolute Gasteiger partial charge is 0.238 e. The molecule has 1 atom stereocenters. The molecule has 24 heavy (non-hydrogen) atoms. The predicted octanol–water partition coefficient (Wildman–Crippen LogP) is 3.99. The van der Waals surface area contributed by atoms with Crippen LogP contribution >= 0.6 is 11.8 Å². The average molecular weight is 340 g/mol. The average Bonchev–Trinajstić information content (AvgIpc) is 2.96. The fraction of sp³-hybridized carbons (Fsp3) is 0.263. The number of aryl methyl sites for hydroxylation is 1. The number of hydrogen-bond donors (Lipinski definition) is 1. The molecule has 0 aliphatic carbocycles. The van der Waals surface area contributed by atoms with Crippen molar-refractivity contribution in [3.63, 3.8) is 0 Å². The van der Waals surface area contributed by atoms with Gasteiger partial charge in [-0.1, -0.05) is 31.2 Å². The molecule has 1 aliphatic heterocycles. The monoisotopic (exact) mass is 340 g/mol. The molecule has 0 aromatic heterocycles. The summed E-state index contributed by atoms with van der Waals surface area (Å²) in [5.74, 6) is 0.476. The topological polar surface area (TPSA) is 49.4 Å². The molecule has 1 unspecified atom stereocenters. The number of amides is 2. The molecule has 124 valence electrons. The number of carbonyl (C=O) groups is 2. The zero-order chi connectivity index (χ0) is 17.1. The van der Waals surface area contributed by atoms with Gasteiger partial charge < -0.3 is 5.32 Å². The van der Waals surface area contributed by atoms with Gasteiger partial charge in [0, 0.05) is 18.3 Å². The molecule has 3 rings (SSSR count). The number of anilines is 2. The number of benzene rings is 2. The van der Waals surface area contributed by atoms with Crippen molar-refractivity contribution < 1.29 is 9.59 Å². The molecule has 1 N–H and O–H groups in total. The second-order valence-corrected chi connectivity index (χ2v) is 6.83. The van der Waals surface area contributed by atoms with Crippen LogP contribution in [0.1, 0.15) is 30.3 Å². The summed E-state index contributed by atoms with van der Waals surface area (Å²) in [6, 6.07) is 15.8. The van der Waals surface area contributed by atoms with E-state index in [0.29, 0.717) is 5.75 Å². The highest BCUT2D eigenvalue weighted by Gasteiger charge is 2.34. The SMILES string of the molecule is CCc1cccc(N2C(=O)CSC2c2cccc(NC(C)=O)c2)c1. The van der Waals surface area contributed by atoms with Gasteiger partial charge in [-0.25, -0.2) is 0 Å². The summed E-state index contributed by atoms with van der Waals surface area (Å²) in [5, 5.41) is 2.73. The molecule has 2 aromatic carbocycles. The lowest BCUT2D eigenvalue weighted by Crippen LogP contribution is -2.27. The van der Waals surface area contributed by atoms with Gasteiger partial charge in [0.1, 0.15) is 5.37 Å². The Bertz CT molecular complexity index is 775. The van der Waals surface area contributed by atoms with Crippen LogP contribution in [-0.4, -0.2) is 17.6 Å². The van der Waals surface area contributed by atoms with Gasteiger partial charge in [-0.15, -0.1) is 11.8 Å². The maximum Gasteiger partial charge on any atom is 0.238 e. The van der Waals surface area contributed by atoms with Crippen LogP contribution in [0, 0.1) is 0 Å². The van der Waals surface area contributed by atoms with E-state index in [9.17, 15) is 9.59 Å². The predicted molar refractivity (Wildman–Crippen MR) is 99.3 cm³/mol. The largest absolute Gasteiger partial charge is 0.326 e. The summed E-state index contributed by atoms with van der Waals surface area (Å²) in [4.78, 5) is 25.6. The molecule has 0 bridgehead atoms. The number of rotatable bonds is 4. The second kappa shape index (κ2) is 7.09. The Morgan fingerprint density at radius 3 is 2.79 bits per heavy atom. The normalized spacial score (nSPS) is 17.2. The maximum atomic E-state index is 12.5. The Morgan fingerprint density at radius 2 is 2.04 bits per heavy atom. The highest BCUT2D eigenvalue weighted by Crippen LogP contribution is 2.42. The fourth-order valence-electron chi connectivity index (χ4n) is 2.85. The van der Waals surface area contributed by atoms with Gasteiger partial charge in [-0.3, -0.25) is 14.5 Å². The van der Waals surface area contributed by atoms with E-state index in [0.717, 1.165) is 23.4 Å². The van der Waals surface area contributed by atoms with Crippen molar-refractivity contribution in [2.24, 2.45) is 0 Å². The minimum Gasteiger partial charge on any atom is -0.326 e. The van der Waals surface area contributed by atoms with E-state index in [4.69, 9.17) is 0 Å². The third-order valence-electron chi connectivity index (χ3n) is 3.96. The van der Waals surface area contributed by atoms with Crippen molar-refractivity contribution in [3.8, 4) is 0 Å². The molecule has 2 amide bonds. The van der Waals surface area contributed by atoms with Crippen LogP contribution < -0.4 is 10.2 Å². The van der Waals surface area contributed by atoms with Gasteiger partial charge in [0.15, 0.2) is 0 Å². The van der Waals surface area contributed by atoms with Crippen molar-refractivity contribution in [2.45, 2.75) is 25.6 Å². The zero-order valence-corrected chi connectivity index (χ0v) is 14.6. The van der Waals surface area contributed by atoms with Crippen LogP contribution in [0.5, 0.6) is 0 Å². The van der Waals surface area contributed by atoms with Gasteiger partial charge in [0.2, 0.25) is 11.8 Å². The Morgan fingerprint density at radius 1 is 1.25 bits per heavy atom. The number of nitrogens with one attached hydrogen (secondary N) is 1. The molecule has 1 fully saturated rings. The molecular weight excluding hydrogens is 320 g/mol. The lowest BCUT2D eigenvalue weighted by molar-refractivity contribution is -0.116. The van der Waals surface area contributed by atoms with Crippen LogP contribution in [0.25, 0.3) is 0 Å². The molecular formula is C19H20N2O2S. The van der Waals surface area contributed by atoms with Crippen molar-refractivity contribution in [1.82, 2.24) is 0 Å². The van der Waals surface area contributed by atoms with Crippen LogP contribution in [0.3, 0.4) is 0 Å². The van der Waals surface area contributed by atoms with Crippen molar-refractivity contribution in [3.05, 3.63) is 59.7 Å². The van der Waals surface area contributed by atoms with E-state index in [1.807, 2.05) is 41.3 Å². The molecule has 5 heteroatoms. The summed E-state index contributed by atoms with van der Waals surface area (Å²) in [6.45, 7) is 3.59. The highest BCUT2D eigenvalue weighted by molar-refractivity contribution is 8.00. The van der Waals surface area contributed by atoms with E-state index in [1.54, 1.807) is 11.8 Å². The molecule has 0 radical (unpaired) electrons. The highest BCUT2D eigenvalue weighted by atomic mass is 32.2. The quantitative estimate of drug-likeness (QED) is 0.916. The van der Waals surface area contributed by atoms with Crippen LogP contribution in [0.15, 0.2) is 48.5 Å². The molecule has 4 nitrogen and oxygen atoms in total.